The van der Waals surface area contributed by atoms with Crippen molar-refractivity contribution < 1.29 is 0 Å². The highest BCUT2D eigenvalue weighted by Gasteiger charge is 2.24. The Kier molecular flexibility index (Phi) is 2.35. The number of aliphatic imine (C=N–C) groups is 1. The fraction of sp³-hybridized carbons (Fsp3) is 0. The van der Waals surface area contributed by atoms with Crippen LogP contribution in [0.2, 0.25) is 10.0 Å². The number of hydrogen-bond acceptors (Lipinski definition) is 2. The second kappa shape index (κ2) is 3.76. The van der Waals surface area contributed by atoms with Crippen LogP contribution in [-0.2, 0) is 0 Å². The first-order chi connectivity index (χ1) is 8.16. The monoisotopic (exact) mass is 262 g/mol. The van der Waals surface area contributed by atoms with Gasteiger partial charge in [-0.15, -0.1) is 0 Å². The summed E-state index contributed by atoms with van der Waals surface area (Å²) in [7, 11) is 0. The third-order valence-electron chi connectivity index (χ3n) is 2.69. The third-order valence-corrected chi connectivity index (χ3v) is 3.20. The summed E-state index contributed by atoms with van der Waals surface area (Å²) >= 11 is 12.2. The highest BCUT2D eigenvalue weighted by Crippen LogP contribution is 2.40. The Morgan fingerprint density at radius 2 is 2.00 bits per heavy atom. The molecule has 84 valence electrons. The summed E-state index contributed by atoms with van der Waals surface area (Å²) < 4.78 is 0. The Hall–Kier alpha value is -1.51. The highest BCUT2D eigenvalue weighted by molar-refractivity contribution is 6.36. The normalized spacial score (nSPS) is 16.7. The molecular formula is C13H8Cl2N2. The number of hydrogen-bond donors (Lipinski definition) is 0. The van der Waals surface area contributed by atoms with Crippen LogP contribution in [0.4, 0.5) is 5.69 Å². The lowest BCUT2D eigenvalue weighted by Crippen LogP contribution is -2.26. The third kappa shape index (κ3) is 1.61. The smallest absolute Gasteiger partial charge is 0.137 e. The average molecular weight is 263 g/mol. The molecule has 0 N–H and O–H groups in total. The SMILES string of the molecule is C=C1c2c(Cl)cc(Cl)cc2N=C2C=CC=CN12. The molecule has 0 radical (unpaired) electrons. The second-order valence-electron chi connectivity index (χ2n) is 3.77. The molecule has 0 saturated carbocycles. The van der Waals surface area contributed by atoms with Crippen LogP contribution in [0.25, 0.3) is 5.70 Å². The zero-order valence-electron chi connectivity index (χ0n) is 8.82. The van der Waals surface area contributed by atoms with Crippen molar-refractivity contribution >= 4 is 40.4 Å². The van der Waals surface area contributed by atoms with Crippen LogP contribution in [-0.4, -0.2) is 10.7 Å². The quantitative estimate of drug-likeness (QED) is 0.677. The highest BCUT2D eigenvalue weighted by atomic mass is 35.5. The minimum atomic E-state index is 0.572. The first kappa shape index (κ1) is 10.6. The molecule has 0 atom stereocenters. The van der Waals surface area contributed by atoms with E-state index in [1.54, 1.807) is 12.1 Å². The molecule has 4 heteroatoms. The minimum Gasteiger partial charge on any atom is -0.302 e. The van der Waals surface area contributed by atoms with Crippen molar-refractivity contribution in [3.63, 3.8) is 0 Å². The van der Waals surface area contributed by atoms with E-state index in [4.69, 9.17) is 23.2 Å². The lowest BCUT2D eigenvalue weighted by Gasteiger charge is -2.30. The fourth-order valence-corrected chi connectivity index (χ4v) is 2.52. The molecule has 0 spiro atoms. The number of benzene rings is 1. The maximum Gasteiger partial charge on any atom is 0.137 e. The number of fused-ring (bicyclic) bond motifs is 2. The van der Waals surface area contributed by atoms with Crippen molar-refractivity contribution in [2.45, 2.75) is 0 Å². The molecule has 17 heavy (non-hydrogen) atoms. The van der Waals surface area contributed by atoms with Gasteiger partial charge in [0.05, 0.1) is 16.4 Å². The van der Waals surface area contributed by atoms with E-state index in [-0.39, 0.29) is 0 Å². The second-order valence-corrected chi connectivity index (χ2v) is 4.61. The zero-order chi connectivity index (χ0) is 12.0. The molecule has 1 aromatic carbocycles. The standard InChI is InChI=1S/C13H8Cl2N2/c1-8-13-10(15)6-9(14)7-11(13)16-12-4-2-3-5-17(8)12/h2-7H,1H2. The summed E-state index contributed by atoms with van der Waals surface area (Å²) in [5.41, 5.74) is 2.41. The van der Waals surface area contributed by atoms with Crippen molar-refractivity contribution in [3.8, 4) is 0 Å². The van der Waals surface area contributed by atoms with Crippen molar-refractivity contribution in [3.05, 3.63) is 58.7 Å². The molecule has 0 aliphatic carbocycles. The van der Waals surface area contributed by atoms with Crippen LogP contribution >= 0.6 is 23.2 Å². The van der Waals surface area contributed by atoms with Gasteiger partial charge in [-0.1, -0.05) is 35.9 Å². The molecule has 0 fully saturated rings. The summed E-state index contributed by atoms with van der Waals surface area (Å²) in [4.78, 5) is 6.42. The Balaban J connectivity index is 2.27. The van der Waals surface area contributed by atoms with Crippen LogP contribution in [0.3, 0.4) is 0 Å². The number of allylic oxidation sites excluding steroid dienone is 2. The molecule has 0 bridgehead atoms. The lowest BCUT2D eigenvalue weighted by molar-refractivity contribution is 0.782. The number of halogens is 2. The van der Waals surface area contributed by atoms with Gasteiger partial charge >= 0.3 is 0 Å². The van der Waals surface area contributed by atoms with E-state index in [0.29, 0.717) is 10.0 Å². The molecular weight excluding hydrogens is 255 g/mol. The predicted molar refractivity (Wildman–Crippen MR) is 72.7 cm³/mol. The van der Waals surface area contributed by atoms with Gasteiger partial charge in [-0.25, -0.2) is 4.99 Å². The summed E-state index contributed by atoms with van der Waals surface area (Å²) in [5.74, 6) is 0.823. The molecule has 2 heterocycles. The van der Waals surface area contributed by atoms with Crippen LogP contribution in [0, 0.1) is 0 Å². The van der Waals surface area contributed by atoms with Crippen LogP contribution in [0.1, 0.15) is 5.56 Å². The molecule has 2 aliphatic rings. The van der Waals surface area contributed by atoms with Crippen molar-refractivity contribution in [1.82, 2.24) is 4.90 Å². The van der Waals surface area contributed by atoms with E-state index in [9.17, 15) is 0 Å². The van der Waals surface area contributed by atoms with E-state index in [2.05, 4.69) is 11.6 Å². The van der Waals surface area contributed by atoms with Crippen molar-refractivity contribution in [1.29, 1.82) is 0 Å². The Labute approximate surface area is 109 Å². The van der Waals surface area contributed by atoms with Crippen LogP contribution < -0.4 is 0 Å². The topological polar surface area (TPSA) is 15.6 Å². The fourth-order valence-electron chi connectivity index (χ4n) is 1.93. The van der Waals surface area contributed by atoms with E-state index >= 15 is 0 Å². The van der Waals surface area contributed by atoms with E-state index in [1.165, 1.54) is 0 Å². The van der Waals surface area contributed by atoms with E-state index in [1.807, 2.05) is 29.3 Å². The van der Waals surface area contributed by atoms with Gasteiger partial charge in [0, 0.05) is 16.8 Å². The van der Waals surface area contributed by atoms with Gasteiger partial charge in [0.25, 0.3) is 0 Å². The summed E-state index contributed by atoms with van der Waals surface area (Å²) in [6.45, 7) is 4.06. The largest absolute Gasteiger partial charge is 0.302 e. The van der Waals surface area contributed by atoms with E-state index in [0.717, 1.165) is 22.8 Å². The van der Waals surface area contributed by atoms with E-state index < -0.39 is 0 Å². The minimum absolute atomic E-state index is 0.572. The molecule has 0 amide bonds. The Morgan fingerprint density at radius 1 is 1.18 bits per heavy atom. The summed E-state index contributed by atoms with van der Waals surface area (Å²) in [6, 6.07) is 3.50. The molecule has 0 unspecified atom stereocenters. The first-order valence-corrected chi connectivity index (χ1v) is 5.83. The van der Waals surface area contributed by atoms with Crippen molar-refractivity contribution in [2.75, 3.05) is 0 Å². The molecule has 0 saturated heterocycles. The maximum absolute atomic E-state index is 6.19. The summed E-state index contributed by atoms with van der Waals surface area (Å²) in [5, 5.41) is 1.15. The van der Waals surface area contributed by atoms with Crippen molar-refractivity contribution in [2.24, 2.45) is 4.99 Å². The Morgan fingerprint density at radius 3 is 2.82 bits per heavy atom. The zero-order valence-corrected chi connectivity index (χ0v) is 10.3. The van der Waals surface area contributed by atoms with Gasteiger partial charge in [-0.2, -0.15) is 0 Å². The molecule has 1 aromatic rings. The number of amidine groups is 1. The first-order valence-electron chi connectivity index (χ1n) is 5.08. The Bertz CT molecular complexity index is 612. The lowest BCUT2D eigenvalue weighted by atomic mass is 10.1. The van der Waals surface area contributed by atoms with Gasteiger partial charge in [0.15, 0.2) is 0 Å². The molecule has 3 rings (SSSR count). The maximum atomic E-state index is 6.19. The van der Waals surface area contributed by atoms with Gasteiger partial charge in [-0.3, -0.25) is 0 Å². The number of rotatable bonds is 0. The number of nitrogens with zero attached hydrogens (tertiary/aromatic N) is 2. The average Bonchev–Trinajstić information content (AvgIpc) is 2.28. The van der Waals surface area contributed by atoms with Gasteiger partial charge < -0.3 is 4.90 Å². The van der Waals surface area contributed by atoms with Crippen LogP contribution in [0.5, 0.6) is 0 Å². The predicted octanol–water partition coefficient (Wildman–Crippen LogP) is 4.39. The van der Waals surface area contributed by atoms with Gasteiger partial charge in [0.1, 0.15) is 5.84 Å². The molecule has 0 aromatic heterocycles. The van der Waals surface area contributed by atoms with Gasteiger partial charge in [0.2, 0.25) is 0 Å². The van der Waals surface area contributed by atoms with Gasteiger partial charge in [-0.05, 0) is 24.3 Å². The molecule has 2 aliphatic heterocycles. The molecule has 2 nitrogen and oxygen atoms in total. The van der Waals surface area contributed by atoms with Crippen LogP contribution in [0.15, 0.2) is 48.1 Å². The summed E-state index contributed by atoms with van der Waals surface area (Å²) in [6.07, 6.45) is 7.69.